The monoisotopic (exact) mass is 251 g/mol. The minimum atomic E-state index is -0.741. The SMILES string of the molecule is COC(=O)c1ccnc(N2CCC(C)(O)C2)c1N. The van der Waals surface area contributed by atoms with Gasteiger partial charge in [-0.1, -0.05) is 0 Å². The zero-order valence-corrected chi connectivity index (χ0v) is 10.5. The summed E-state index contributed by atoms with van der Waals surface area (Å²) in [6, 6.07) is 1.53. The summed E-state index contributed by atoms with van der Waals surface area (Å²) in [6.07, 6.45) is 2.17. The van der Waals surface area contributed by atoms with Gasteiger partial charge in [0, 0.05) is 19.3 Å². The summed E-state index contributed by atoms with van der Waals surface area (Å²) in [7, 11) is 1.31. The van der Waals surface area contributed by atoms with Crippen LogP contribution in [0.3, 0.4) is 0 Å². The molecule has 1 aliphatic rings. The number of carbonyl (C=O) groups excluding carboxylic acids is 1. The number of nitrogens with zero attached hydrogens (tertiary/aromatic N) is 2. The average Bonchev–Trinajstić information content (AvgIpc) is 2.69. The van der Waals surface area contributed by atoms with Crippen LogP contribution in [0.2, 0.25) is 0 Å². The lowest BCUT2D eigenvalue weighted by atomic mass is 10.1. The molecule has 3 N–H and O–H groups in total. The lowest BCUT2D eigenvalue weighted by molar-refractivity contribution is 0.0602. The number of rotatable bonds is 2. The lowest BCUT2D eigenvalue weighted by Crippen LogP contribution is -2.30. The first-order valence-corrected chi connectivity index (χ1v) is 5.75. The van der Waals surface area contributed by atoms with Gasteiger partial charge in [-0.2, -0.15) is 0 Å². The summed E-state index contributed by atoms with van der Waals surface area (Å²) in [4.78, 5) is 17.6. The fraction of sp³-hybridized carbons (Fsp3) is 0.500. The molecule has 98 valence electrons. The number of aromatic nitrogens is 1. The van der Waals surface area contributed by atoms with Gasteiger partial charge in [0.05, 0.1) is 24.0 Å². The van der Waals surface area contributed by atoms with Crippen LogP contribution in [-0.4, -0.2) is 41.9 Å². The number of nitrogen functional groups attached to an aromatic ring is 1. The highest BCUT2D eigenvalue weighted by Gasteiger charge is 2.33. The molecule has 6 heteroatoms. The van der Waals surface area contributed by atoms with E-state index in [-0.39, 0.29) is 0 Å². The smallest absolute Gasteiger partial charge is 0.340 e. The van der Waals surface area contributed by atoms with E-state index in [1.807, 2.05) is 4.90 Å². The number of hydrogen-bond donors (Lipinski definition) is 2. The molecule has 0 spiro atoms. The van der Waals surface area contributed by atoms with Crippen molar-refractivity contribution in [1.82, 2.24) is 4.98 Å². The van der Waals surface area contributed by atoms with Crippen LogP contribution in [0.1, 0.15) is 23.7 Å². The average molecular weight is 251 g/mol. The molecule has 18 heavy (non-hydrogen) atoms. The van der Waals surface area contributed by atoms with Gasteiger partial charge >= 0.3 is 5.97 Å². The predicted molar refractivity (Wildman–Crippen MR) is 67.4 cm³/mol. The van der Waals surface area contributed by atoms with Crippen molar-refractivity contribution in [1.29, 1.82) is 0 Å². The highest BCUT2D eigenvalue weighted by Crippen LogP contribution is 2.30. The Kier molecular flexibility index (Phi) is 3.13. The molecule has 1 unspecified atom stereocenters. The third kappa shape index (κ3) is 2.24. The van der Waals surface area contributed by atoms with E-state index in [4.69, 9.17) is 5.73 Å². The fourth-order valence-corrected chi connectivity index (χ4v) is 2.13. The molecule has 1 aromatic rings. The maximum Gasteiger partial charge on any atom is 0.340 e. The van der Waals surface area contributed by atoms with Gasteiger partial charge in [-0.05, 0) is 19.4 Å². The molecule has 1 fully saturated rings. The van der Waals surface area contributed by atoms with Crippen molar-refractivity contribution in [3.63, 3.8) is 0 Å². The molecule has 6 nitrogen and oxygen atoms in total. The first-order valence-electron chi connectivity index (χ1n) is 5.75. The second-order valence-electron chi connectivity index (χ2n) is 4.76. The number of β-amino-alcohol motifs (C(OH)–C–C–N with tert-alkyl or cyclic N) is 1. The van der Waals surface area contributed by atoms with E-state index < -0.39 is 11.6 Å². The molecule has 0 bridgehead atoms. The van der Waals surface area contributed by atoms with Gasteiger partial charge in [0.25, 0.3) is 0 Å². The Hall–Kier alpha value is -1.82. The van der Waals surface area contributed by atoms with Crippen molar-refractivity contribution in [2.24, 2.45) is 0 Å². The van der Waals surface area contributed by atoms with Crippen molar-refractivity contribution < 1.29 is 14.6 Å². The summed E-state index contributed by atoms with van der Waals surface area (Å²) in [5, 5.41) is 9.94. The van der Waals surface area contributed by atoms with Gasteiger partial charge in [-0.3, -0.25) is 0 Å². The van der Waals surface area contributed by atoms with E-state index in [0.29, 0.717) is 36.6 Å². The number of nitrogens with two attached hydrogens (primary N) is 1. The van der Waals surface area contributed by atoms with Crippen molar-refractivity contribution >= 4 is 17.5 Å². The van der Waals surface area contributed by atoms with E-state index in [2.05, 4.69) is 9.72 Å². The number of pyridine rings is 1. The first-order chi connectivity index (χ1) is 8.44. The van der Waals surface area contributed by atoms with Crippen LogP contribution in [0, 0.1) is 0 Å². The summed E-state index contributed by atoms with van der Waals surface area (Å²) >= 11 is 0. The molecule has 2 heterocycles. The number of carbonyl (C=O) groups is 1. The third-order valence-electron chi connectivity index (χ3n) is 3.13. The molecule has 0 amide bonds. The number of anilines is 2. The topological polar surface area (TPSA) is 88.7 Å². The summed E-state index contributed by atoms with van der Waals surface area (Å²) in [5.74, 6) is 0.0396. The van der Waals surface area contributed by atoms with Crippen LogP contribution in [0.5, 0.6) is 0 Å². The van der Waals surface area contributed by atoms with Gasteiger partial charge in [0.1, 0.15) is 0 Å². The normalized spacial score (nSPS) is 23.2. The van der Waals surface area contributed by atoms with Gasteiger partial charge < -0.3 is 20.5 Å². The lowest BCUT2D eigenvalue weighted by Gasteiger charge is -2.21. The van der Waals surface area contributed by atoms with E-state index in [9.17, 15) is 9.90 Å². The number of aliphatic hydroxyl groups is 1. The van der Waals surface area contributed by atoms with E-state index in [1.54, 1.807) is 6.92 Å². The second kappa shape index (κ2) is 4.45. The van der Waals surface area contributed by atoms with Crippen molar-refractivity contribution in [3.8, 4) is 0 Å². The minimum Gasteiger partial charge on any atom is -0.465 e. The molecule has 0 radical (unpaired) electrons. The Morgan fingerprint density at radius 1 is 1.67 bits per heavy atom. The summed E-state index contributed by atoms with van der Waals surface area (Å²) in [5.41, 5.74) is 5.79. The number of hydrogen-bond acceptors (Lipinski definition) is 6. The molecular weight excluding hydrogens is 234 g/mol. The number of ether oxygens (including phenoxy) is 1. The van der Waals surface area contributed by atoms with Crippen LogP contribution in [0.25, 0.3) is 0 Å². The van der Waals surface area contributed by atoms with Crippen LogP contribution < -0.4 is 10.6 Å². The van der Waals surface area contributed by atoms with Crippen LogP contribution in [0.4, 0.5) is 11.5 Å². The van der Waals surface area contributed by atoms with Crippen LogP contribution in [0.15, 0.2) is 12.3 Å². The van der Waals surface area contributed by atoms with Crippen molar-refractivity contribution in [2.45, 2.75) is 18.9 Å². The van der Waals surface area contributed by atoms with Crippen molar-refractivity contribution in [3.05, 3.63) is 17.8 Å². The Morgan fingerprint density at radius 2 is 2.39 bits per heavy atom. The largest absolute Gasteiger partial charge is 0.465 e. The van der Waals surface area contributed by atoms with E-state index in [1.165, 1.54) is 19.4 Å². The molecule has 0 aliphatic carbocycles. The summed E-state index contributed by atoms with van der Waals surface area (Å²) in [6.45, 7) is 2.89. The molecule has 1 aromatic heterocycles. The maximum atomic E-state index is 11.5. The Bertz CT molecular complexity index is 474. The highest BCUT2D eigenvalue weighted by atomic mass is 16.5. The molecule has 0 saturated carbocycles. The zero-order valence-electron chi connectivity index (χ0n) is 10.5. The second-order valence-corrected chi connectivity index (χ2v) is 4.76. The Labute approximate surface area is 105 Å². The third-order valence-corrected chi connectivity index (χ3v) is 3.13. The van der Waals surface area contributed by atoms with Crippen LogP contribution in [-0.2, 0) is 4.74 Å². The quantitative estimate of drug-likeness (QED) is 0.740. The highest BCUT2D eigenvalue weighted by molar-refractivity contribution is 5.97. The van der Waals surface area contributed by atoms with E-state index >= 15 is 0 Å². The molecule has 0 aromatic carbocycles. The standard InChI is InChI=1S/C12H17N3O3/c1-12(17)4-6-15(7-12)10-9(13)8(3-5-14-10)11(16)18-2/h3,5,17H,4,6-7,13H2,1-2H3. The van der Waals surface area contributed by atoms with Gasteiger partial charge in [0.2, 0.25) is 0 Å². The Balaban J connectivity index is 2.32. The molecule has 1 aliphatic heterocycles. The summed E-state index contributed by atoms with van der Waals surface area (Å²) < 4.78 is 4.66. The molecule has 2 rings (SSSR count). The molecular formula is C12H17N3O3. The molecule has 1 atom stereocenters. The zero-order chi connectivity index (χ0) is 13.3. The fourth-order valence-electron chi connectivity index (χ4n) is 2.13. The number of methoxy groups -OCH3 is 1. The molecule has 1 saturated heterocycles. The van der Waals surface area contributed by atoms with Crippen LogP contribution >= 0.6 is 0 Å². The number of esters is 1. The van der Waals surface area contributed by atoms with Gasteiger partial charge in [-0.15, -0.1) is 0 Å². The Morgan fingerprint density at radius 3 is 2.94 bits per heavy atom. The van der Waals surface area contributed by atoms with Gasteiger partial charge in [-0.25, -0.2) is 9.78 Å². The minimum absolute atomic E-state index is 0.294. The maximum absolute atomic E-state index is 11.5. The van der Waals surface area contributed by atoms with Gasteiger partial charge in [0.15, 0.2) is 5.82 Å². The van der Waals surface area contributed by atoms with E-state index in [0.717, 1.165) is 0 Å². The predicted octanol–water partition coefficient (Wildman–Crippen LogP) is 0.411. The first kappa shape index (κ1) is 12.6. The van der Waals surface area contributed by atoms with Crippen molar-refractivity contribution in [2.75, 3.05) is 30.8 Å².